The lowest BCUT2D eigenvalue weighted by molar-refractivity contribution is -0.167. The number of ether oxygens (including phenoxy) is 2. The summed E-state index contributed by atoms with van der Waals surface area (Å²) in [6.07, 6.45) is 1.97. The van der Waals surface area contributed by atoms with Crippen LogP contribution >= 0.6 is 11.3 Å². The number of hydrogen-bond donors (Lipinski definition) is 1. The number of carbonyl (C=O) groups excluding carboxylic acids is 2. The summed E-state index contributed by atoms with van der Waals surface area (Å²) in [7, 11) is 1.58. The van der Waals surface area contributed by atoms with Gasteiger partial charge in [-0.05, 0) is 55.9 Å². The number of amides is 1. The van der Waals surface area contributed by atoms with Crippen LogP contribution in [0.15, 0.2) is 72.4 Å². The summed E-state index contributed by atoms with van der Waals surface area (Å²) in [5.41, 5.74) is -0.289. The van der Waals surface area contributed by atoms with Gasteiger partial charge in [-0.1, -0.05) is 63.7 Å². The van der Waals surface area contributed by atoms with E-state index in [-0.39, 0.29) is 29.9 Å². The summed E-state index contributed by atoms with van der Waals surface area (Å²) in [6, 6.07) is 14.2. The highest BCUT2D eigenvalue weighted by Gasteiger charge is 2.61. The quantitative estimate of drug-likeness (QED) is 0.240. The molecule has 2 heterocycles. The van der Waals surface area contributed by atoms with Gasteiger partial charge in [0.05, 0.1) is 18.9 Å². The number of methoxy groups -OCH3 is 1. The van der Waals surface area contributed by atoms with Crippen molar-refractivity contribution in [2.75, 3.05) is 7.11 Å². The number of aliphatic hydroxyl groups excluding tert-OH is 1. The number of likely N-dealkylation sites (tertiary alicyclic amines) is 1. The molecule has 218 valence electrons. The van der Waals surface area contributed by atoms with Crippen molar-refractivity contribution in [2.24, 2.45) is 5.92 Å². The standard InChI is InChI=1S/C33H40N2O5S/c1-21(36)24-20-33(30(38)40-32(5,6)7,19-22-12-10-9-11-13-22)35(27(24)28-34-16-17-41-28)29(37)23-14-15-25(31(2,3)4)26(18-23)39-8/h9-18,24,27,36H,1,19-20H2,2-8H3/t24?,27-,33+/m1/s1. The lowest BCUT2D eigenvalue weighted by Gasteiger charge is -2.40. The average Bonchev–Trinajstić information content (AvgIpc) is 3.54. The number of rotatable bonds is 7. The zero-order valence-corrected chi connectivity index (χ0v) is 25.7. The summed E-state index contributed by atoms with van der Waals surface area (Å²) in [6.45, 7) is 15.5. The molecule has 1 fully saturated rings. The zero-order chi connectivity index (χ0) is 30.2. The van der Waals surface area contributed by atoms with Gasteiger partial charge in [0.2, 0.25) is 0 Å². The van der Waals surface area contributed by atoms with Crippen molar-refractivity contribution < 1.29 is 24.2 Å². The maximum Gasteiger partial charge on any atom is 0.332 e. The summed E-state index contributed by atoms with van der Waals surface area (Å²) in [4.78, 5) is 35.2. The van der Waals surface area contributed by atoms with Crippen LogP contribution in [0.4, 0.5) is 0 Å². The second-order valence-corrected chi connectivity index (χ2v) is 13.6. The van der Waals surface area contributed by atoms with Gasteiger partial charge in [-0.2, -0.15) is 0 Å². The lowest BCUT2D eigenvalue weighted by Crippen LogP contribution is -2.57. The summed E-state index contributed by atoms with van der Waals surface area (Å²) < 4.78 is 11.7. The van der Waals surface area contributed by atoms with Gasteiger partial charge in [-0.3, -0.25) is 4.79 Å². The maximum atomic E-state index is 14.8. The molecule has 1 aliphatic heterocycles. The van der Waals surface area contributed by atoms with E-state index in [1.165, 1.54) is 11.3 Å². The van der Waals surface area contributed by atoms with Crippen LogP contribution in [0.5, 0.6) is 5.75 Å². The number of aliphatic hydroxyl groups is 1. The summed E-state index contributed by atoms with van der Waals surface area (Å²) in [5, 5.41) is 13.3. The Hall–Kier alpha value is -3.65. The van der Waals surface area contributed by atoms with E-state index in [4.69, 9.17) is 9.47 Å². The van der Waals surface area contributed by atoms with Gasteiger partial charge in [-0.25, -0.2) is 9.78 Å². The highest BCUT2D eigenvalue weighted by molar-refractivity contribution is 7.09. The first-order valence-electron chi connectivity index (χ1n) is 13.7. The van der Waals surface area contributed by atoms with E-state index in [1.807, 2.05) is 41.8 Å². The number of carbonyl (C=O) groups is 2. The van der Waals surface area contributed by atoms with Crippen LogP contribution in [-0.2, 0) is 21.4 Å². The Bertz CT molecular complexity index is 1410. The molecule has 1 amide bonds. The SMILES string of the molecule is C=C(O)C1C[C@@](Cc2ccccc2)(C(=O)OC(C)(C)C)N(C(=O)c2ccc(C(C)(C)C)c(OC)c2)[C@H]1c1nccs1. The predicted molar refractivity (Wildman–Crippen MR) is 161 cm³/mol. The topological polar surface area (TPSA) is 89.0 Å². The van der Waals surface area contributed by atoms with Crippen LogP contribution in [0.3, 0.4) is 0 Å². The highest BCUT2D eigenvalue weighted by atomic mass is 32.1. The van der Waals surface area contributed by atoms with Gasteiger partial charge in [0, 0.05) is 29.5 Å². The Labute approximate surface area is 246 Å². The van der Waals surface area contributed by atoms with E-state index in [1.54, 1.807) is 51.1 Å². The number of aromatic nitrogens is 1. The molecule has 0 bridgehead atoms. The molecule has 0 saturated carbocycles. The Morgan fingerprint density at radius 2 is 1.80 bits per heavy atom. The summed E-state index contributed by atoms with van der Waals surface area (Å²) >= 11 is 1.37. The minimum absolute atomic E-state index is 0.109. The van der Waals surface area contributed by atoms with Crippen molar-refractivity contribution in [1.82, 2.24) is 9.88 Å². The second-order valence-electron chi connectivity index (χ2n) is 12.7. The molecule has 1 aliphatic rings. The van der Waals surface area contributed by atoms with E-state index in [2.05, 4.69) is 32.3 Å². The van der Waals surface area contributed by atoms with Crippen LogP contribution in [-0.4, -0.2) is 45.1 Å². The third-order valence-electron chi connectivity index (χ3n) is 7.40. The normalized spacial score (nSPS) is 21.0. The minimum atomic E-state index is -1.45. The third-order valence-corrected chi connectivity index (χ3v) is 8.25. The molecule has 0 aliphatic carbocycles. The molecule has 3 atom stereocenters. The number of thiazole rings is 1. The fourth-order valence-electron chi connectivity index (χ4n) is 5.60. The molecule has 1 unspecified atom stereocenters. The van der Waals surface area contributed by atoms with Crippen molar-refractivity contribution in [3.63, 3.8) is 0 Å². The third kappa shape index (κ3) is 6.17. The highest BCUT2D eigenvalue weighted by Crippen LogP contribution is 2.52. The first-order valence-corrected chi connectivity index (χ1v) is 14.6. The largest absolute Gasteiger partial charge is 0.513 e. The van der Waals surface area contributed by atoms with Gasteiger partial charge in [0.15, 0.2) is 0 Å². The molecule has 1 saturated heterocycles. The average molecular weight is 577 g/mol. The Morgan fingerprint density at radius 1 is 1.12 bits per heavy atom. The van der Waals surface area contributed by atoms with Gasteiger partial charge in [-0.15, -0.1) is 11.3 Å². The van der Waals surface area contributed by atoms with E-state index in [0.717, 1.165) is 11.1 Å². The van der Waals surface area contributed by atoms with Gasteiger partial charge in [0.25, 0.3) is 5.91 Å². The van der Waals surface area contributed by atoms with E-state index in [0.29, 0.717) is 16.3 Å². The molecule has 0 spiro atoms. The molecule has 0 radical (unpaired) electrons. The van der Waals surface area contributed by atoms with Crippen LogP contribution in [0, 0.1) is 5.92 Å². The van der Waals surface area contributed by atoms with E-state index < -0.39 is 29.1 Å². The Balaban J connectivity index is 1.97. The molecule has 1 N–H and O–H groups in total. The van der Waals surface area contributed by atoms with E-state index >= 15 is 0 Å². The van der Waals surface area contributed by atoms with Crippen molar-refractivity contribution in [3.05, 3.63) is 94.1 Å². The van der Waals surface area contributed by atoms with Crippen LogP contribution in [0.1, 0.15) is 80.5 Å². The smallest absolute Gasteiger partial charge is 0.332 e. The molecule has 2 aromatic carbocycles. The molecule has 3 aromatic rings. The first-order chi connectivity index (χ1) is 19.2. The van der Waals surface area contributed by atoms with Gasteiger partial charge >= 0.3 is 5.97 Å². The molecule has 7 nitrogen and oxygen atoms in total. The van der Waals surface area contributed by atoms with Crippen molar-refractivity contribution >= 4 is 23.2 Å². The number of esters is 1. The van der Waals surface area contributed by atoms with Crippen LogP contribution in [0.25, 0.3) is 0 Å². The Morgan fingerprint density at radius 3 is 2.34 bits per heavy atom. The van der Waals surface area contributed by atoms with Crippen LogP contribution < -0.4 is 4.74 Å². The van der Waals surface area contributed by atoms with Gasteiger partial charge < -0.3 is 19.5 Å². The Kier molecular flexibility index (Phi) is 8.37. The van der Waals surface area contributed by atoms with E-state index in [9.17, 15) is 14.7 Å². The monoisotopic (exact) mass is 576 g/mol. The fourth-order valence-corrected chi connectivity index (χ4v) is 6.40. The van der Waals surface area contributed by atoms with Crippen molar-refractivity contribution in [1.29, 1.82) is 0 Å². The zero-order valence-electron chi connectivity index (χ0n) is 24.9. The first kappa shape index (κ1) is 30.3. The van der Waals surface area contributed by atoms with Crippen LogP contribution in [0.2, 0.25) is 0 Å². The molecular weight excluding hydrogens is 536 g/mol. The second kappa shape index (κ2) is 11.3. The van der Waals surface area contributed by atoms with Crippen molar-refractivity contribution in [2.45, 2.75) is 77.0 Å². The predicted octanol–water partition coefficient (Wildman–Crippen LogP) is 7.05. The molecular formula is C33H40N2O5S. The number of hydrogen-bond acceptors (Lipinski definition) is 7. The lowest BCUT2D eigenvalue weighted by atomic mass is 9.84. The molecule has 8 heteroatoms. The van der Waals surface area contributed by atoms with Crippen molar-refractivity contribution in [3.8, 4) is 5.75 Å². The molecule has 4 rings (SSSR count). The molecule has 1 aromatic heterocycles. The minimum Gasteiger partial charge on any atom is -0.513 e. The molecule has 41 heavy (non-hydrogen) atoms. The maximum absolute atomic E-state index is 14.8. The summed E-state index contributed by atoms with van der Waals surface area (Å²) in [5.74, 6) is -1.08. The fraction of sp³-hybridized carbons (Fsp3) is 0.424. The number of benzene rings is 2. The van der Waals surface area contributed by atoms with Gasteiger partial charge in [0.1, 0.15) is 21.9 Å². The number of nitrogens with zero attached hydrogens (tertiary/aromatic N) is 2.